The van der Waals surface area contributed by atoms with Crippen molar-refractivity contribution in [1.82, 2.24) is 10.2 Å². The quantitative estimate of drug-likeness (QED) is 0.386. The SMILES string of the molecule is CN=C(NCc1ccc(F)c(CO)c1)N1CCS(=O)(=O)C(C)(C)C1.I. The highest BCUT2D eigenvalue weighted by Gasteiger charge is 2.40. The third kappa shape index (κ3) is 5.04. The summed E-state index contributed by atoms with van der Waals surface area (Å²) in [4.78, 5) is 6.13. The highest BCUT2D eigenvalue weighted by Crippen LogP contribution is 2.23. The van der Waals surface area contributed by atoms with E-state index < -0.39 is 20.4 Å². The molecule has 0 unspecified atom stereocenters. The molecule has 0 spiro atoms. The van der Waals surface area contributed by atoms with Crippen molar-refractivity contribution >= 4 is 39.8 Å². The van der Waals surface area contributed by atoms with E-state index >= 15 is 0 Å². The van der Waals surface area contributed by atoms with Gasteiger partial charge < -0.3 is 15.3 Å². The van der Waals surface area contributed by atoms with Crippen LogP contribution in [0.4, 0.5) is 4.39 Å². The number of hydrogen-bond acceptors (Lipinski definition) is 4. The first-order valence-electron chi connectivity index (χ1n) is 7.76. The number of halogens is 2. The van der Waals surface area contributed by atoms with Gasteiger partial charge in [-0.05, 0) is 31.5 Å². The van der Waals surface area contributed by atoms with Crippen LogP contribution in [0.2, 0.25) is 0 Å². The Balaban J connectivity index is 0.00000312. The topological polar surface area (TPSA) is 82.0 Å². The van der Waals surface area contributed by atoms with Crippen LogP contribution in [0.1, 0.15) is 25.0 Å². The van der Waals surface area contributed by atoms with Crippen molar-refractivity contribution in [3.63, 3.8) is 0 Å². The summed E-state index contributed by atoms with van der Waals surface area (Å²) >= 11 is 0. The predicted octanol–water partition coefficient (Wildman–Crippen LogP) is 1.52. The molecule has 0 saturated carbocycles. The van der Waals surface area contributed by atoms with Gasteiger partial charge in [-0.3, -0.25) is 4.99 Å². The van der Waals surface area contributed by atoms with Gasteiger partial charge in [-0.2, -0.15) is 0 Å². The highest BCUT2D eigenvalue weighted by atomic mass is 127. The monoisotopic (exact) mass is 485 g/mol. The molecule has 1 saturated heterocycles. The van der Waals surface area contributed by atoms with Crippen LogP contribution in [0, 0.1) is 5.82 Å². The van der Waals surface area contributed by atoms with Crippen molar-refractivity contribution in [2.75, 3.05) is 25.9 Å². The van der Waals surface area contributed by atoms with E-state index in [0.717, 1.165) is 5.56 Å². The fourth-order valence-electron chi connectivity index (χ4n) is 2.70. The average Bonchev–Trinajstić information content (AvgIpc) is 2.52. The second-order valence-corrected chi connectivity index (χ2v) is 9.23. The molecule has 2 N–H and O–H groups in total. The molecule has 6 nitrogen and oxygen atoms in total. The van der Waals surface area contributed by atoms with Crippen LogP contribution < -0.4 is 5.32 Å². The van der Waals surface area contributed by atoms with Crippen molar-refractivity contribution in [3.05, 3.63) is 35.1 Å². The number of benzene rings is 1. The van der Waals surface area contributed by atoms with E-state index in [1.165, 1.54) is 6.07 Å². The Morgan fingerprint density at radius 1 is 1.44 bits per heavy atom. The number of aliphatic hydroxyl groups is 1. The molecule has 0 aromatic heterocycles. The van der Waals surface area contributed by atoms with E-state index in [1.807, 2.05) is 4.90 Å². The lowest BCUT2D eigenvalue weighted by molar-refractivity contribution is 0.275. The first kappa shape index (κ1) is 22.1. The van der Waals surface area contributed by atoms with E-state index in [9.17, 15) is 12.8 Å². The smallest absolute Gasteiger partial charge is 0.193 e. The van der Waals surface area contributed by atoms with Gasteiger partial charge in [0.1, 0.15) is 5.82 Å². The highest BCUT2D eigenvalue weighted by molar-refractivity contribution is 14.0. The molecule has 1 aliphatic heterocycles. The van der Waals surface area contributed by atoms with Crippen molar-refractivity contribution in [3.8, 4) is 0 Å². The summed E-state index contributed by atoms with van der Waals surface area (Å²) in [6.07, 6.45) is 0. The average molecular weight is 485 g/mol. The molecule has 0 amide bonds. The number of sulfone groups is 1. The fraction of sp³-hybridized carbons (Fsp3) is 0.562. The van der Waals surface area contributed by atoms with Crippen LogP contribution in [0.3, 0.4) is 0 Å². The number of guanidine groups is 1. The molecule has 1 aromatic rings. The number of nitrogens with one attached hydrogen (secondary N) is 1. The van der Waals surface area contributed by atoms with E-state index in [0.29, 0.717) is 25.6 Å². The van der Waals surface area contributed by atoms with E-state index in [4.69, 9.17) is 5.11 Å². The van der Waals surface area contributed by atoms with Crippen molar-refractivity contribution in [2.24, 2.45) is 4.99 Å². The zero-order valence-corrected chi connectivity index (χ0v) is 17.8. The summed E-state index contributed by atoms with van der Waals surface area (Å²) in [6.45, 7) is 4.23. The molecule has 9 heteroatoms. The minimum Gasteiger partial charge on any atom is -0.392 e. The summed E-state index contributed by atoms with van der Waals surface area (Å²) in [5.74, 6) is 0.257. The minimum absolute atomic E-state index is 0. The van der Waals surface area contributed by atoms with Gasteiger partial charge in [0.15, 0.2) is 15.8 Å². The summed E-state index contributed by atoms with van der Waals surface area (Å²) in [7, 11) is -1.47. The number of rotatable bonds is 3. The van der Waals surface area contributed by atoms with Crippen molar-refractivity contribution < 1.29 is 17.9 Å². The molecule has 2 rings (SSSR count). The van der Waals surface area contributed by atoms with Gasteiger partial charge in [0, 0.05) is 32.2 Å². The Hall–Kier alpha value is -0.940. The Morgan fingerprint density at radius 2 is 2.12 bits per heavy atom. The molecule has 0 radical (unpaired) electrons. The molecule has 1 fully saturated rings. The number of hydrogen-bond donors (Lipinski definition) is 2. The Morgan fingerprint density at radius 3 is 2.68 bits per heavy atom. The molecule has 1 aliphatic rings. The van der Waals surface area contributed by atoms with Gasteiger partial charge in [0.2, 0.25) is 0 Å². The predicted molar refractivity (Wildman–Crippen MR) is 107 cm³/mol. The molecule has 142 valence electrons. The largest absolute Gasteiger partial charge is 0.392 e. The van der Waals surface area contributed by atoms with Gasteiger partial charge in [0.05, 0.1) is 17.1 Å². The van der Waals surface area contributed by atoms with Crippen LogP contribution in [-0.4, -0.2) is 55.0 Å². The van der Waals surface area contributed by atoms with Crippen molar-refractivity contribution in [1.29, 1.82) is 0 Å². The molecule has 0 aliphatic carbocycles. The summed E-state index contributed by atoms with van der Waals surface area (Å²) in [6, 6.07) is 4.56. The first-order valence-corrected chi connectivity index (χ1v) is 9.41. The second-order valence-electron chi connectivity index (χ2n) is 6.48. The molecule has 0 bridgehead atoms. The molecular weight excluding hydrogens is 460 g/mol. The summed E-state index contributed by atoms with van der Waals surface area (Å²) in [5, 5.41) is 12.3. The van der Waals surface area contributed by atoms with Gasteiger partial charge in [-0.1, -0.05) is 6.07 Å². The van der Waals surface area contributed by atoms with E-state index in [2.05, 4.69) is 10.3 Å². The second kappa shape index (κ2) is 8.63. The maximum Gasteiger partial charge on any atom is 0.193 e. The van der Waals surface area contributed by atoms with Gasteiger partial charge in [-0.25, -0.2) is 12.8 Å². The third-order valence-corrected chi connectivity index (χ3v) is 6.82. The van der Waals surface area contributed by atoms with Crippen molar-refractivity contribution in [2.45, 2.75) is 31.7 Å². The third-order valence-electron chi connectivity index (χ3n) is 4.29. The fourth-order valence-corrected chi connectivity index (χ4v) is 4.06. The molecule has 0 atom stereocenters. The summed E-state index contributed by atoms with van der Waals surface area (Å²) < 4.78 is 36.8. The van der Waals surface area contributed by atoms with Crippen LogP contribution >= 0.6 is 24.0 Å². The van der Waals surface area contributed by atoms with Crippen LogP contribution in [-0.2, 0) is 23.0 Å². The maximum absolute atomic E-state index is 13.4. The molecule has 1 aromatic carbocycles. The zero-order chi connectivity index (χ0) is 18.0. The molecular formula is C16H25FIN3O3S. The molecule has 1 heterocycles. The van der Waals surface area contributed by atoms with E-state index in [-0.39, 0.29) is 41.9 Å². The summed E-state index contributed by atoms with van der Waals surface area (Å²) in [5.41, 5.74) is 1.06. The Labute approximate surface area is 165 Å². The van der Waals surface area contributed by atoms with Gasteiger partial charge in [0.25, 0.3) is 0 Å². The number of nitrogens with zero attached hydrogens (tertiary/aromatic N) is 2. The Bertz CT molecular complexity index is 738. The first-order chi connectivity index (χ1) is 11.2. The van der Waals surface area contributed by atoms with Crippen LogP contribution in [0.15, 0.2) is 23.2 Å². The molecule has 25 heavy (non-hydrogen) atoms. The van der Waals surface area contributed by atoms with Gasteiger partial charge >= 0.3 is 0 Å². The lowest BCUT2D eigenvalue weighted by atomic mass is 10.1. The maximum atomic E-state index is 13.4. The Kier molecular flexibility index (Phi) is 7.63. The van der Waals surface area contributed by atoms with E-state index in [1.54, 1.807) is 33.0 Å². The zero-order valence-electron chi connectivity index (χ0n) is 14.6. The number of aliphatic hydroxyl groups excluding tert-OH is 1. The normalized spacial score (nSPS) is 19.2. The number of aliphatic imine (C=N–C) groups is 1. The standard InChI is InChI=1S/C16H24FN3O3S.HI/c1-16(2)11-20(6-7-24(16,22)23)15(18-3)19-9-12-4-5-14(17)13(8-12)10-21;/h4-5,8,21H,6-7,9-11H2,1-3H3,(H,18,19);1H. The minimum atomic E-state index is -3.11. The van der Waals surface area contributed by atoms with Crippen LogP contribution in [0.5, 0.6) is 0 Å². The van der Waals surface area contributed by atoms with Crippen LogP contribution in [0.25, 0.3) is 0 Å². The lowest BCUT2D eigenvalue weighted by Crippen LogP contribution is -2.57. The lowest BCUT2D eigenvalue weighted by Gasteiger charge is -2.39. The van der Waals surface area contributed by atoms with Gasteiger partial charge in [-0.15, -0.1) is 24.0 Å².